The van der Waals surface area contributed by atoms with Gasteiger partial charge in [0, 0.05) is 51.9 Å². The van der Waals surface area contributed by atoms with Gasteiger partial charge in [-0.05, 0) is 19.1 Å². The van der Waals surface area contributed by atoms with E-state index in [9.17, 15) is 4.79 Å². The SMILES string of the molecule is CC(=O)N1CCN(CCNc2ccc(C)cc2)CC1. The summed E-state index contributed by atoms with van der Waals surface area (Å²) in [6.07, 6.45) is 0. The number of amides is 1. The molecule has 0 spiro atoms. The number of rotatable bonds is 4. The molecule has 0 aromatic heterocycles. The third kappa shape index (κ3) is 4.24. The predicted octanol–water partition coefficient (Wildman–Crippen LogP) is 1.57. The van der Waals surface area contributed by atoms with Gasteiger partial charge < -0.3 is 10.2 Å². The lowest BCUT2D eigenvalue weighted by Gasteiger charge is -2.34. The van der Waals surface area contributed by atoms with Crippen LogP contribution in [-0.4, -0.2) is 55.0 Å². The van der Waals surface area contributed by atoms with E-state index in [1.165, 1.54) is 11.3 Å². The Morgan fingerprint density at radius 1 is 1.16 bits per heavy atom. The number of nitrogens with one attached hydrogen (secondary N) is 1. The fraction of sp³-hybridized carbons (Fsp3) is 0.533. The quantitative estimate of drug-likeness (QED) is 0.893. The van der Waals surface area contributed by atoms with Gasteiger partial charge in [0.2, 0.25) is 5.91 Å². The van der Waals surface area contributed by atoms with Crippen molar-refractivity contribution in [1.82, 2.24) is 9.80 Å². The summed E-state index contributed by atoms with van der Waals surface area (Å²) in [4.78, 5) is 15.6. The molecular formula is C15H23N3O. The molecule has 1 heterocycles. The van der Waals surface area contributed by atoms with Gasteiger partial charge >= 0.3 is 0 Å². The maximum atomic E-state index is 11.2. The van der Waals surface area contributed by atoms with Crippen molar-refractivity contribution in [3.8, 4) is 0 Å². The van der Waals surface area contributed by atoms with Gasteiger partial charge in [0.1, 0.15) is 0 Å². The molecule has 1 aromatic carbocycles. The van der Waals surface area contributed by atoms with Gasteiger partial charge in [0.15, 0.2) is 0 Å². The standard InChI is InChI=1S/C15H23N3O/c1-13-3-5-15(6-4-13)16-7-8-17-9-11-18(12-10-17)14(2)19/h3-6,16H,7-12H2,1-2H3. The van der Waals surface area contributed by atoms with Crippen LogP contribution in [0.3, 0.4) is 0 Å². The first-order valence-electron chi connectivity index (χ1n) is 6.93. The van der Waals surface area contributed by atoms with Crippen molar-refractivity contribution < 1.29 is 4.79 Å². The van der Waals surface area contributed by atoms with E-state index in [0.29, 0.717) is 0 Å². The number of carbonyl (C=O) groups excluding carboxylic acids is 1. The van der Waals surface area contributed by atoms with Crippen LogP contribution in [0.4, 0.5) is 5.69 Å². The van der Waals surface area contributed by atoms with Gasteiger partial charge in [-0.15, -0.1) is 0 Å². The summed E-state index contributed by atoms with van der Waals surface area (Å²) in [7, 11) is 0. The van der Waals surface area contributed by atoms with Crippen molar-refractivity contribution in [1.29, 1.82) is 0 Å². The van der Waals surface area contributed by atoms with E-state index in [0.717, 1.165) is 39.3 Å². The van der Waals surface area contributed by atoms with Gasteiger partial charge in [-0.25, -0.2) is 0 Å². The number of hydrogen-bond acceptors (Lipinski definition) is 3. The zero-order valence-corrected chi connectivity index (χ0v) is 11.9. The Balaban J connectivity index is 1.67. The summed E-state index contributed by atoms with van der Waals surface area (Å²) in [6, 6.07) is 8.47. The summed E-state index contributed by atoms with van der Waals surface area (Å²) >= 11 is 0. The fourth-order valence-corrected chi connectivity index (χ4v) is 2.32. The minimum absolute atomic E-state index is 0.192. The highest BCUT2D eigenvalue weighted by atomic mass is 16.2. The Hall–Kier alpha value is -1.55. The van der Waals surface area contributed by atoms with Crippen LogP contribution in [0.1, 0.15) is 12.5 Å². The highest BCUT2D eigenvalue weighted by Crippen LogP contribution is 2.08. The monoisotopic (exact) mass is 261 g/mol. The number of carbonyl (C=O) groups is 1. The third-order valence-electron chi connectivity index (χ3n) is 3.63. The molecule has 0 bridgehead atoms. The van der Waals surface area contributed by atoms with E-state index in [2.05, 4.69) is 41.4 Å². The van der Waals surface area contributed by atoms with E-state index >= 15 is 0 Å². The van der Waals surface area contributed by atoms with Crippen molar-refractivity contribution in [2.45, 2.75) is 13.8 Å². The maximum Gasteiger partial charge on any atom is 0.219 e. The molecule has 1 fully saturated rings. The van der Waals surface area contributed by atoms with Crippen molar-refractivity contribution in [2.24, 2.45) is 0 Å². The minimum Gasteiger partial charge on any atom is -0.384 e. The largest absolute Gasteiger partial charge is 0.384 e. The molecule has 1 aliphatic rings. The summed E-state index contributed by atoms with van der Waals surface area (Å²) in [5.74, 6) is 0.192. The second-order valence-corrected chi connectivity index (χ2v) is 5.14. The molecule has 0 radical (unpaired) electrons. The molecule has 1 amide bonds. The van der Waals surface area contributed by atoms with E-state index in [4.69, 9.17) is 0 Å². The van der Waals surface area contributed by atoms with Crippen molar-refractivity contribution in [3.05, 3.63) is 29.8 Å². The molecule has 0 unspecified atom stereocenters. The van der Waals surface area contributed by atoms with Crippen molar-refractivity contribution in [3.63, 3.8) is 0 Å². The van der Waals surface area contributed by atoms with Crippen LogP contribution >= 0.6 is 0 Å². The summed E-state index contributed by atoms with van der Waals surface area (Å²) in [5.41, 5.74) is 2.46. The molecule has 19 heavy (non-hydrogen) atoms. The molecule has 1 saturated heterocycles. The van der Waals surface area contributed by atoms with Crippen LogP contribution in [0.5, 0.6) is 0 Å². The number of piperazine rings is 1. The Morgan fingerprint density at radius 3 is 2.37 bits per heavy atom. The fourth-order valence-electron chi connectivity index (χ4n) is 2.32. The summed E-state index contributed by atoms with van der Waals surface area (Å²) in [6.45, 7) is 9.40. The van der Waals surface area contributed by atoms with E-state index < -0.39 is 0 Å². The van der Waals surface area contributed by atoms with Crippen LogP contribution in [-0.2, 0) is 4.79 Å². The van der Waals surface area contributed by atoms with E-state index in [1.54, 1.807) is 6.92 Å². The van der Waals surface area contributed by atoms with Crippen LogP contribution in [0.2, 0.25) is 0 Å². The van der Waals surface area contributed by atoms with E-state index in [1.807, 2.05) is 4.90 Å². The van der Waals surface area contributed by atoms with Crippen LogP contribution < -0.4 is 5.32 Å². The Morgan fingerprint density at radius 2 is 1.79 bits per heavy atom. The Kier molecular flexibility index (Phi) is 4.80. The van der Waals surface area contributed by atoms with Gasteiger partial charge in [0.05, 0.1) is 0 Å². The van der Waals surface area contributed by atoms with Crippen LogP contribution in [0.15, 0.2) is 24.3 Å². The number of anilines is 1. The highest BCUT2D eigenvalue weighted by Gasteiger charge is 2.17. The van der Waals surface area contributed by atoms with Gasteiger partial charge in [0.25, 0.3) is 0 Å². The number of benzene rings is 1. The van der Waals surface area contributed by atoms with Crippen molar-refractivity contribution in [2.75, 3.05) is 44.6 Å². The smallest absolute Gasteiger partial charge is 0.219 e. The third-order valence-corrected chi connectivity index (χ3v) is 3.63. The molecular weight excluding hydrogens is 238 g/mol. The van der Waals surface area contributed by atoms with Crippen molar-refractivity contribution >= 4 is 11.6 Å². The molecule has 4 nitrogen and oxygen atoms in total. The van der Waals surface area contributed by atoms with E-state index in [-0.39, 0.29) is 5.91 Å². The highest BCUT2D eigenvalue weighted by molar-refractivity contribution is 5.73. The predicted molar refractivity (Wildman–Crippen MR) is 78.4 cm³/mol. The molecule has 1 aliphatic heterocycles. The molecule has 0 atom stereocenters. The first kappa shape index (κ1) is 13.9. The number of nitrogens with zero attached hydrogens (tertiary/aromatic N) is 2. The lowest BCUT2D eigenvalue weighted by Crippen LogP contribution is -2.49. The maximum absolute atomic E-state index is 11.2. The molecule has 1 aromatic rings. The minimum atomic E-state index is 0.192. The topological polar surface area (TPSA) is 35.6 Å². The molecule has 104 valence electrons. The van der Waals surface area contributed by atoms with Gasteiger partial charge in [-0.1, -0.05) is 17.7 Å². The average Bonchev–Trinajstić information content (AvgIpc) is 2.41. The Bertz CT molecular complexity index is 408. The molecule has 2 rings (SSSR count). The average molecular weight is 261 g/mol. The second kappa shape index (κ2) is 6.57. The molecule has 0 aliphatic carbocycles. The molecule has 4 heteroatoms. The zero-order valence-electron chi connectivity index (χ0n) is 11.9. The first-order chi connectivity index (χ1) is 9.15. The van der Waals surface area contributed by atoms with Gasteiger partial charge in [-0.2, -0.15) is 0 Å². The van der Waals surface area contributed by atoms with Crippen LogP contribution in [0, 0.1) is 6.92 Å². The normalized spacial score (nSPS) is 16.4. The van der Waals surface area contributed by atoms with Gasteiger partial charge in [-0.3, -0.25) is 9.69 Å². The molecule has 0 saturated carbocycles. The lowest BCUT2D eigenvalue weighted by atomic mass is 10.2. The number of aryl methyl sites for hydroxylation is 1. The van der Waals surface area contributed by atoms with Crippen LogP contribution in [0.25, 0.3) is 0 Å². The number of hydrogen-bond donors (Lipinski definition) is 1. The zero-order chi connectivity index (χ0) is 13.7. The summed E-state index contributed by atoms with van der Waals surface area (Å²) in [5, 5.41) is 3.43. The first-order valence-corrected chi connectivity index (χ1v) is 6.93. The Labute approximate surface area is 115 Å². The summed E-state index contributed by atoms with van der Waals surface area (Å²) < 4.78 is 0. The molecule has 1 N–H and O–H groups in total. The second-order valence-electron chi connectivity index (χ2n) is 5.14. The lowest BCUT2D eigenvalue weighted by molar-refractivity contribution is -0.130.